The van der Waals surface area contributed by atoms with Gasteiger partial charge in [0.05, 0.1) is 16.5 Å². The predicted octanol–water partition coefficient (Wildman–Crippen LogP) is 6.46. The van der Waals surface area contributed by atoms with Crippen LogP contribution in [-0.4, -0.2) is 28.8 Å². The molecule has 0 unspecified atom stereocenters. The molecule has 0 bridgehead atoms. The Morgan fingerprint density at radius 2 is 1.59 bits per heavy atom. The SMILES string of the molecule is CC(C)NC(=O)[C@H](Cc1ccccc1)N(Cc1cccc(Br)c1)C(=O)Cc1ccc(Cl)c(Cl)c1. The molecule has 0 fully saturated rings. The maximum atomic E-state index is 13.7. The number of benzene rings is 3. The van der Waals surface area contributed by atoms with Crippen molar-refractivity contribution in [2.24, 2.45) is 0 Å². The lowest BCUT2D eigenvalue weighted by molar-refractivity contribution is -0.141. The molecule has 3 rings (SSSR count). The van der Waals surface area contributed by atoms with E-state index in [0.29, 0.717) is 23.0 Å². The summed E-state index contributed by atoms with van der Waals surface area (Å²) >= 11 is 15.7. The zero-order chi connectivity index (χ0) is 24.7. The van der Waals surface area contributed by atoms with Crippen molar-refractivity contribution >= 4 is 50.9 Å². The van der Waals surface area contributed by atoms with Crippen LogP contribution in [0.1, 0.15) is 30.5 Å². The summed E-state index contributed by atoms with van der Waals surface area (Å²) in [5, 5.41) is 3.82. The number of hydrogen-bond acceptors (Lipinski definition) is 2. The van der Waals surface area contributed by atoms with Crippen LogP contribution in [-0.2, 0) is 29.0 Å². The molecule has 0 heterocycles. The molecule has 0 radical (unpaired) electrons. The van der Waals surface area contributed by atoms with E-state index in [4.69, 9.17) is 23.2 Å². The van der Waals surface area contributed by atoms with Crippen molar-refractivity contribution in [1.82, 2.24) is 10.2 Å². The van der Waals surface area contributed by atoms with E-state index in [9.17, 15) is 9.59 Å². The fourth-order valence-electron chi connectivity index (χ4n) is 3.69. The number of nitrogens with zero attached hydrogens (tertiary/aromatic N) is 1. The first-order valence-electron chi connectivity index (χ1n) is 11.0. The van der Waals surface area contributed by atoms with Gasteiger partial charge in [-0.15, -0.1) is 0 Å². The van der Waals surface area contributed by atoms with Crippen molar-refractivity contribution in [3.63, 3.8) is 0 Å². The maximum Gasteiger partial charge on any atom is 0.243 e. The standard InChI is InChI=1S/C27H27BrCl2N2O2/c1-18(2)31-27(34)25(15-19-7-4-3-5-8-19)32(17-21-9-6-10-22(28)13-21)26(33)16-20-11-12-23(29)24(30)14-20/h3-14,18,25H,15-17H2,1-2H3,(H,31,34)/t25-/m0/s1. The zero-order valence-electron chi connectivity index (χ0n) is 19.1. The van der Waals surface area contributed by atoms with Gasteiger partial charge in [0, 0.05) is 23.5 Å². The third kappa shape index (κ3) is 7.59. The van der Waals surface area contributed by atoms with Crippen LogP contribution in [0.15, 0.2) is 77.3 Å². The molecular weight excluding hydrogens is 535 g/mol. The highest BCUT2D eigenvalue weighted by Crippen LogP contribution is 2.24. The number of nitrogens with one attached hydrogen (secondary N) is 1. The minimum atomic E-state index is -0.681. The Kier molecular flexibility index (Phi) is 9.57. The highest BCUT2D eigenvalue weighted by Gasteiger charge is 2.30. The molecule has 0 saturated carbocycles. The highest BCUT2D eigenvalue weighted by molar-refractivity contribution is 9.10. The molecule has 2 amide bonds. The molecule has 0 aliphatic carbocycles. The summed E-state index contributed by atoms with van der Waals surface area (Å²) in [6, 6.07) is 21.9. The fourth-order valence-corrected chi connectivity index (χ4v) is 4.46. The second kappa shape index (κ2) is 12.4. The average molecular weight is 562 g/mol. The fraction of sp³-hybridized carbons (Fsp3) is 0.259. The lowest BCUT2D eigenvalue weighted by atomic mass is 10.0. The number of halogens is 3. The van der Waals surface area contributed by atoms with Crippen LogP contribution in [0.25, 0.3) is 0 Å². The summed E-state index contributed by atoms with van der Waals surface area (Å²) in [7, 11) is 0. The lowest BCUT2D eigenvalue weighted by Crippen LogP contribution is -2.52. The van der Waals surface area contributed by atoms with E-state index in [2.05, 4.69) is 21.2 Å². The molecule has 3 aromatic carbocycles. The third-order valence-electron chi connectivity index (χ3n) is 5.28. The molecule has 1 atom stereocenters. The topological polar surface area (TPSA) is 49.4 Å². The van der Waals surface area contributed by atoms with Gasteiger partial charge in [-0.25, -0.2) is 0 Å². The number of hydrogen-bond donors (Lipinski definition) is 1. The van der Waals surface area contributed by atoms with Gasteiger partial charge in [-0.2, -0.15) is 0 Å². The number of amides is 2. The second-order valence-electron chi connectivity index (χ2n) is 8.45. The molecule has 0 saturated heterocycles. The largest absolute Gasteiger partial charge is 0.352 e. The molecule has 3 aromatic rings. The van der Waals surface area contributed by atoms with Gasteiger partial charge in [-0.1, -0.05) is 87.7 Å². The lowest BCUT2D eigenvalue weighted by Gasteiger charge is -2.32. The summed E-state index contributed by atoms with van der Waals surface area (Å²) in [6.07, 6.45) is 0.506. The molecule has 34 heavy (non-hydrogen) atoms. The minimum Gasteiger partial charge on any atom is -0.352 e. The summed E-state index contributed by atoms with van der Waals surface area (Å²) in [4.78, 5) is 28.7. The molecule has 0 aromatic heterocycles. The van der Waals surface area contributed by atoms with Crippen molar-refractivity contribution in [2.45, 2.75) is 45.3 Å². The van der Waals surface area contributed by atoms with E-state index < -0.39 is 6.04 Å². The first-order chi connectivity index (χ1) is 16.2. The number of carbonyl (C=O) groups excluding carboxylic acids is 2. The second-order valence-corrected chi connectivity index (χ2v) is 10.2. The van der Waals surface area contributed by atoms with E-state index >= 15 is 0 Å². The average Bonchev–Trinajstić information content (AvgIpc) is 2.79. The maximum absolute atomic E-state index is 13.7. The van der Waals surface area contributed by atoms with Crippen molar-refractivity contribution in [3.05, 3.63) is 104 Å². The van der Waals surface area contributed by atoms with Gasteiger partial charge in [0.15, 0.2) is 0 Å². The normalized spacial score (nSPS) is 11.8. The first kappa shape index (κ1) is 26.3. The monoisotopic (exact) mass is 560 g/mol. The molecule has 1 N–H and O–H groups in total. The minimum absolute atomic E-state index is 0.0522. The van der Waals surface area contributed by atoms with Crippen LogP contribution in [0.3, 0.4) is 0 Å². The van der Waals surface area contributed by atoms with E-state index in [1.54, 1.807) is 23.1 Å². The van der Waals surface area contributed by atoms with Gasteiger partial charge >= 0.3 is 0 Å². The molecule has 0 aliphatic heterocycles. The van der Waals surface area contributed by atoms with Gasteiger partial charge in [-0.05, 0) is 54.8 Å². The Balaban J connectivity index is 1.98. The van der Waals surface area contributed by atoms with Crippen molar-refractivity contribution in [1.29, 1.82) is 0 Å². The van der Waals surface area contributed by atoms with E-state index in [1.807, 2.05) is 68.4 Å². The van der Waals surface area contributed by atoms with Gasteiger partial charge in [0.25, 0.3) is 0 Å². The van der Waals surface area contributed by atoms with Crippen LogP contribution in [0.4, 0.5) is 0 Å². The van der Waals surface area contributed by atoms with Crippen molar-refractivity contribution in [2.75, 3.05) is 0 Å². The predicted molar refractivity (Wildman–Crippen MR) is 142 cm³/mol. The molecule has 4 nitrogen and oxygen atoms in total. The van der Waals surface area contributed by atoms with Crippen molar-refractivity contribution < 1.29 is 9.59 Å². The van der Waals surface area contributed by atoms with Gasteiger partial charge in [0.1, 0.15) is 6.04 Å². The first-order valence-corrected chi connectivity index (χ1v) is 12.6. The summed E-state index contributed by atoms with van der Waals surface area (Å²) in [5.74, 6) is -0.352. The van der Waals surface area contributed by atoms with E-state index in [1.165, 1.54) is 0 Å². The van der Waals surface area contributed by atoms with Crippen LogP contribution in [0.2, 0.25) is 10.0 Å². The summed E-state index contributed by atoms with van der Waals surface area (Å²) in [6.45, 7) is 4.12. The Hall–Kier alpha value is -2.34. The summed E-state index contributed by atoms with van der Waals surface area (Å²) < 4.78 is 0.910. The Labute approximate surface area is 219 Å². The zero-order valence-corrected chi connectivity index (χ0v) is 22.2. The van der Waals surface area contributed by atoms with Crippen LogP contribution >= 0.6 is 39.1 Å². The van der Waals surface area contributed by atoms with Crippen molar-refractivity contribution in [3.8, 4) is 0 Å². The Morgan fingerprint density at radius 1 is 0.882 bits per heavy atom. The Bertz CT molecular complexity index is 1140. The number of carbonyl (C=O) groups is 2. The highest BCUT2D eigenvalue weighted by atomic mass is 79.9. The smallest absolute Gasteiger partial charge is 0.243 e. The third-order valence-corrected chi connectivity index (χ3v) is 6.52. The van der Waals surface area contributed by atoms with E-state index in [0.717, 1.165) is 21.2 Å². The van der Waals surface area contributed by atoms with E-state index in [-0.39, 0.29) is 24.3 Å². The van der Waals surface area contributed by atoms with Gasteiger partial charge in [0.2, 0.25) is 11.8 Å². The molecular formula is C27H27BrCl2N2O2. The summed E-state index contributed by atoms with van der Waals surface area (Å²) in [5.41, 5.74) is 2.64. The quantitative estimate of drug-likeness (QED) is 0.326. The van der Waals surface area contributed by atoms with Crippen LogP contribution in [0, 0.1) is 0 Å². The molecule has 178 valence electrons. The van der Waals surface area contributed by atoms with Gasteiger partial charge in [-0.3, -0.25) is 9.59 Å². The molecule has 0 aliphatic rings. The molecule has 0 spiro atoms. The van der Waals surface area contributed by atoms with Gasteiger partial charge < -0.3 is 10.2 Å². The Morgan fingerprint density at radius 3 is 2.24 bits per heavy atom. The van der Waals surface area contributed by atoms with Crippen LogP contribution < -0.4 is 5.32 Å². The molecule has 7 heteroatoms. The van der Waals surface area contributed by atoms with Crippen LogP contribution in [0.5, 0.6) is 0 Å². The number of rotatable bonds is 9.